The van der Waals surface area contributed by atoms with Gasteiger partial charge in [-0.1, -0.05) is 18.2 Å². The Bertz CT molecular complexity index is 322. The minimum Gasteiger partial charge on any atom is -0.324 e. The van der Waals surface area contributed by atoms with Crippen molar-refractivity contribution in [3.05, 3.63) is 43.0 Å². The van der Waals surface area contributed by atoms with Crippen molar-refractivity contribution in [1.82, 2.24) is 15.0 Å². The standard InChI is InChI=1S/C9H7N4/c1-2-4-8(5-3-1)13-9-11-6-10-7-12-9/h1-6H,(H,10,11,12,13). The van der Waals surface area contributed by atoms with Crippen molar-refractivity contribution in [2.24, 2.45) is 0 Å². The highest BCUT2D eigenvalue weighted by Crippen LogP contribution is 2.09. The van der Waals surface area contributed by atoms with Crippen LogP contribution in [0, 0.1) is 6.33 Å². The zero-order chi connectivity index (χ0) is 8.93. The van der Waals surface area contributed by atoms with Crippen LogP contribution in [0.4, 0.5) is 11.6 Å². The van der Waals surface area contributed by atoms with E-state index in [0.29, 0.717) is 5.95 Å². The first kappa shape index (κ1) is 7.67. The van der Waals surface area contributed by atoms with Crippen molar-refractivity contribution in [3.8, 4) is 0 Å². The summed E-state index contributed by atoms with van der Waals surface area (Å²) in [6.07, 6.45) is 3.86. The van der Waals surface area contributed by atoms with Crippen LogP contribution in [-0.4, -0.2) is 15.0 Å². The topological polar surface area (TPSA) is 50.7 Å². The number of hydrogen-bond acceptors (Lipinski definition) is 4. The Morgan fingerprint density at radius 1 is 1.15 bits per heavy atom. The van der Waals surface area contributed by atoms with E-state index < -0.39 is 0 Å². The van der Waals surface area contributed by atoms with Gasteiger partial charge < -0.3 is 5.32 Å². The summed E-state index contributed by atoms with van der Waals surface area (Å²) in [5, 5.41) is 3.01. The second kappa shape index (κ2) is 3.62. The van der Waals surface area contributed by atoms with E-state index in [4.69, 9.17) is 0 Å². The van der Waals surface area contributed by atoms with E-state index in [1.807, 2.05) is 30.3 Å². The summed E-state index contributed by atoms with van der Waals surface area (Å²) in [5.74, 6) is 0.501. The van der Waals surface area contributed by atoms with Crippen molar-refractivity contribution in [2.75, 3.05) is 5.32 Å². The number of benzene rings is 1. The zero-order valence-electron chi connectivity index (χ0n) is 6.81. The molecule has 4 heteroatoms. The van der Waals surface area contributed by atoms with Crippen molar-refractivity contribution in [1.29, 1.82) is 0 Å². The van der Waals surface area contributed by atoms with Gasteiger partial charge in [0.25, 0.3) is 0 Å². The number of para-hydroxylation sites is 1. The van der Waals surface area contributed by atoms with Crippen LogP contribution in [0.3, 0.4) is 0 Å². The van der Waals surface area contributed by atoms with Crippen molar-refractivity contribution >= 4 is 11.6 Å². The molecule has 0 spiro atoms. The van der Waals surface area contributed by atoms with Crippen LogP contribution < -0.4 is 5.32 Å². The molecule has 13 heavy (non-hydrogen) atoms. The molecule has 4 nitrogen and oxygen atoms in total. The number of nitrogens with zero attached hydrogens (tertiary/aromatic N) is 3. The van der Waals surface area contributed by atoms with Crippen molar-refractivity contribution in [3.63, 3.8) is 0 Å². The molecule has 0 saturated heterocycles. The highest BCUT2D eigenvalue weighted by atomic mass is 15.1. The number of nitrogens with one attached hydrogen (secondary N) is 1. The molecule has 2 aromatic rings. The third-order valence-electron chi connectivity index (χ3n) is 1.48. The lowest BCUT2D eigenvalue weighted by atomic mass is 10.3. The van der Waals surface area contributed by atoms with Gasteiger partial charge in [-0.3, -0.25) is 0 Å². The maximum atomic E-state index is 3.91. The van der Waals surface area contributed by atoms with Crippen LogP contribution >= 0.6 is 0 Å². The first-order chi connectivity index (χ1) is 6.45. The molecule has 0 aliphatic rings. The Labute approximate surface area is 75.7 Å². The first-order valence-electron chi connectivity index (χ1n) is 3.82. The molecule has 0 fully saturated rings. The highest BCUT2D eigenvalue weighted by Gasteiger charge is 1.93. The molecule has 63 valence electrons. The normalized spacial score (nSPS) is 9.54. The quantitative estimate of drug-likeness (QED) is 0.742. The minimum atomic E-state index is 0.501. The minimum absolute atomic E-state index is 0.501. The van der Waals surface area contributed by atoms with E-state index in [2.05, 4.69) is 26.6 Å². The van der Waals surface area contributed by atoms with Gasteiger partial charge in [-0.2, -0.15) is 4.98 Å². The van der Waals surface area contributed by atoms with E-state index in [1.165, 1.54) is 6.33 Å². The Balaban J connectivity index is 2.16. The number of aromatic nitrogens is 3. The Hall–Kier alpha value is -1.97. The second-order valence-corrected chi connectivity index (χ2v) is 2.40. The SMILES string of the molecule is [c]1ncnc(Nc2ccccc2)n1. The van der Waals surface area contributed by atoms with Gasteiger partial charge >= 0.3 is 0 Å². The fraction of sp³-hybridized carbons (Fsp3) is 0. The molecule has 1 N–H and O–H groups in total. The van der Waals surface area contributed by atoms with Gasteiger partial charge in [-0.05, 0) is 12.1 Å². The van der Waals surface area contributed by atoms with Gasteiger partial charge in [0.2, 0.25) is 12.3 Å². The predicted octanol–water partition coefficient (Wildman–Crippen LogP) is 1.42. The van der Waals surface area contributed by atoms with Gasteiger partial charge in [-0.25, -0.2) is 9.97 Å². The molecular weight excluding hydrogens is 164 g/mol. The molecule has 2 rings (SSSR count). The van der Waals surface area contributed by atoms with E-state index >= 15 is 0 Å². The summed E-state index contributed by atoms with van der Waals surface area (Å²) in [5.41, 5.74) is 0.946. The van der Waals surface area contributed by atoms with Crippen LogP contribution in [0.1, 0.15) is 0 Å². The van der Waals surface area contributed by atoms with Crippen molar-refractivity contribution < 1.29 is 0 Å². The lowest BCUT2D eigenvalue weighted by Crippen LogP contribution is -1.96. The average molecular weight is 171 g/mol. The van der Waals surface area contributed by atoms with Crippen molar-refractivity contribution in [2.45, 2.75) is 0 Å². The van der Waals surface area contributed by atoms with Crippen LogP contribution in [0.5, 0.6) is 0 Å². The molecule has 0 atom stereocenters. The maximum Gasteiger partial charge on any atom is 0.230 e. The maximum absolute atomic E-state index is 3.91. The molecule has 0 bridgehead atoms. The van der Waals surface area contributed by atoms with Gasteiger partial charge in [0.1, 0.15) is 6.33 Å². The second-order valence-electron chi connectivity index (χ2n) is 2.40. The average Bonchev–Trinajstić information content (AvgIpc) is 2.21. The summed E-state index contributed by atoms with van der Waals surface area (Å²) in [4.78, 5) is 11.3. The van der Waals surface area contributed by atoms with Crippen LogP contribution in [0.2, 0.25) is 0 Å². The van der Waals surface area contributed by atoms with Gasteiger partial charge in [0.15, 0.2) is 0 Å². The lowest BCUT2D eigenvalue weighted by molar-refractivity contribution is 1.04. The van der Waals surface area contributed by atoms with E-state index in [0.717, 1.165) is 5.69 Å². The van der Waals surface area contributed by atoms with Crippen LogP contribution in [0.25, 0.3) is 0 Å². The zero-order valence-corrected chi connectivity index (χ0v) is 6.81. The molecule has 1 aromatic carbocycles. The lowest BCUT2D eigenvalue weighted by Gasteiger charge is -2.01. The summed E-state index contributed by atoms with van der Waals surface area (Å²) >= 11 is 0. The summed E-state index contributed by atoms with van der Waals surface area (Å²) in [6.45, 7) is 0. The molecule has 1 radical (unpaired) electrons. The molecule has 1 heterocycles. The summed E-state index contributed by atoms with van der Waals surface area (Å²) < 4.78 is 0. The monoisotopic (exact) mass is 171 g/mol. The van der Waals surface area contributed by atoms with Gasteiger partial charge in [-0.15, -0.1) is 0 Å². The fourth-order valence-electron chi connectivity index (χ4n) is 0.925. The number of hydrogen-bond donors (Lipinski definition) is 1. The van der Waals surface area contributed by atoms with Crippen LogP contribution in [-0.2, 0) is 0 Å². The summed E-state index contributed by atoms with van der Waals surface area (Å²) in [7, 11) is 0. The molecule has 0 saturated carbocycles. The molecule has 1 aromatic heterocycles. The Morgan fingerprint density at radius 2 is 2.00 bits per heavy atom. The first-order valence-corrected chi connectivity index (χ1v) is 3.82. The third-order valence-corrected chi connectivity index (χ3v) is 1.48. The van der Waals surface area contributed by atoms with E-state index in [1.54, 1.807) is 0 Å². The molecule has 0 unspecified atom stereocenters. The highest BCUT2D eigenvalue weighted by molar-refractivity contribution is 5.51. The van der Waals surface area contributed by atoms with Crippen LogP contribution in [0.15, 0.2) is 36.7 Å². The number of rotatable bonds is 2. The van der Waals surface area contributed by atoms with Gasteiger partial charge in [0, 0.05) is 5.69 Å². The van der Waals surface area contributed by atoms with E-state index in [-0.39, 0.29) is 0 Å². The van der Waals surface area contributed by atoms with Gasteiger partial charge in [0.05, 0.1) is 0 Å². The molecule has 0 aliphatic carbocycles. The summed E-state index contributed by atoms with van der Waals surface area (Å²) in [6, 6.07) is 9.69. The smallest absolute Gasteiger partial charge is 0.230 e. The Kier molecular flexibility index (Phi) is 2.14. The largest absolute Gasteiger partial charge is 0.324 e. The number of anilines is 2. The predicted molar refractivity (Wildman–Crippen MR) is 48.4 cm³/mol. The Morgan fingerprint density at radius 3 is 2.69 bits per heavy atom. The molecule has 0 amide bonds. The van der Waals surface area contributed by atoms with E-state index in [9.17, 15) is 0 Å². The third kappa shape index (κ3) is 1.99. The molecular formula is C9H7N4. The molecule has 0 aliphatic heterocycles. The fourth-order valence-corrected chi connectivity index (χ4v) is 0.925.